The summed E-state index contributed by atoms with van der Waals surface area (Å²) in [5.74, 6) is 0.416. The zero-order chi connectivity index (χ0) is 20.0. The van der Waals surface area contributed by atoms with E-state index in [-0.39, 0.29) is 30.4 Å². The van der Waals surface area contributed by atoms with E-state index < -0.39 is 0 Å². The molecule has 1 atom stereocenters. The Morgan fingerprint density at radius 2 is 2.15 bits per heavy atom. The monoisotopic (exact) mass is 377 g/mol. The van der Waals surface area contributed by atoms with Gasteiger partial charge < -0.3 is 20.4 Å². The van der Waals surface area contributed by atoms with E-state index in [0.717, 1.165) is 37.2 Å². The normalized spacial score (nSPS) is 17.8. The van der Waals surface area contributed by atoms with Crippen LogP contribution >= 0.6 is 0 Å². The third kappa shape index (κ3) is 6.41. The second-order valence-electron chi connectivity index (χ2n) is 7.61. The summed E-state index contributed by atoms with van der Waals surface area (Å²) in [5, 5.41) is 6.76. The van der Waals surface area contributed by atoms with Crippen molar-refractivity contribution in [1.29, 1.82) is 0 Å². The molecule has 1 fully saturated rings. The molecule has 0 saturated carbocycles. The van der Waals surface area contributed by atoms with E-state index in [9.17, 15) is 9.18 Å². The zero-order valence-corrected chi connectivity index (χ0v) is 17.1. The number of hydrogen-bond donors (Lipinski definition) is 2. The molecular formula is C20H32FN5O. The summed E-state index contributed by atoms with van der Waals surface area (Å²) in [6.07, 6.45) is 2.07. The number of rotatable bonds is 5. The summed E-state index contributed by atoms with van der Waals surface area (Å²) in [7, 11) is 3.45. The van der Waals surface area contributed by atoms with Crippen LogP contribution in [0.25, 0.3) is 0 Å². The van der Waals surface area contributed by atoms with E-state index in [1.807, 2.05) is 26.8 Å². The Balaban J connectivity index is 2.05. The van der Waals surface area contributed by atoms with Crippen molar-refractivity contribution in [3.63, 3.8) is 0 Å². The number of aryl methyl sites for hydroxylation is 1. The third-order valence-electron chi connectivity index (χ3n) is 4.56. The fourth-order valence-electron chi connectivity index (χ4n) is 3.18. The van der Waals surface area contributed by atoms with Crippen LogP contribution in [0.15, 0.2) is 23.2 Å². The molecule has 2 rings (SSSR count). The van der Waals surface area contributed by atoms with Crippen LogP contribution in [0.3, 0.4) is 0 Å². The van der Waals surface area contributed by atoms with Crippen molar-refractivity contribution >= 4 is 17.6 Å². The Labute approximate surface area is 161 Å². The Hall–Kier alpha value is -2.31. The lowest BCUT2D eigenvalue weighted by atomic mass is 10.0. The molecule has 7 heteroatoms. The van der Waals surface area contributed by atoms with Gasteiger partial charge in [0.05, 0.1) is 0 Å². The molecule has 1 unspecified atom stereocenters. The van der Waals surface area contributed by atoms with Crippen molar-refractivity contribution in [3.8, 4) is 0 Å². The van der Waals surface area contributed by atoms with Crippen LogP contribution in [0, 0.1) is 12.7 Å². The number of guanidine groups is 1. The second kappa shape index (κ2) is 9.58. The topological polar surface area (TPSA) is 60.0 Å². The zero-order valence-electron chi connectivity index (χ0n) is 17.1. The molecule has 1 aliphatic heterocycles. The lowest BCUT2D eigenvalue weighted by Gasteiger charge is -2.36. The number of carbonyl (C=O) groups excluding carboxylic acids is 1. The summed E-state index contributed by atoms with van der Waals surface area (Å²) in [5.41, 5.74) is 2.02. The van der Waals surface area contributed by atoms with Crippen LogP contribution in [0.5, 0.6) is 0 Å². The van der Waals surface area contributed by atoms with Gasteiger partial charge in [-0.1, -0.05) is 0 Å². The molecular weight excluding hydrogens is 345 g/mol. The van der Waals surface area contributed by atoms with E-state index >= 15 is 0 Å². The summed E-state index contributed by atoms with van der Waals surface area (Å²) in [4.78, 5) is 20.1. The van der Waals surface area contributed by atoms with Gasteiger partial charge in [0.15, 0.2) is 5.96 Å². The molecule has 1 heterocycles. The van der Waals surface area contributed by atoms with Crippen molar-refractivity contribution in [2.24, 2.45) is 4.99 Å². The largest absolute Gasteiger partial charge is 0.369 e. The van der Waals surface area contributed by atoms with Crippen molar-refractivity contribution in [3.05, 3.63) is 29.6 Å². The lowest BCUT2D eigenvalue weighted by Crippen LogP contribution is -2.52. The predicted octanol–water partition coefficient (Wildman–Crippen LogP) is 2.13. The van der Waals surface area contributed by atoms with Gasteiger partial charge in [-0.2, -0.15) is 0 Å². The van der Waals surface area contributed by atoms with Gasteiger partial charge in [0.25, 0.3) is 0 Å². The number of piperidine rings is 1. The molecule has 6 nitrogen and oxygen atoms in total. The molecule has 2 N–H and O–H groups in total. The standard InChI is InChI=1S/C20H32FN5O/c1-14(2)23-20(22-12-19(27)25(4)5)24-17-7-6-10-26(13-17)18-9-8-16(21)11-15(18)3/h8-9,11,14,17H,6-7,10,12-13H2,1-5H3,(H2,22,23,24). The Morgan fingerprint density at radius 1 is 1.41 bits per heavy atom. The molecule has 1 aromatic carbocycles. The first-order chi connectivity index (χ1) is 12.8. The van der Waals surface area contributed by atoms with Gasteiger partial charge in [0.1, 0.15) is 12.4 Å². The molecule has 0 radical (unpaired) electrons. The summed E-state index contributed by atoms with van der Waals surface area (Å²) in [6.45, 7) is 7.90. The molecule has 0 aliphatic carbocycles. The fourth-order valence-corrected chi connectivity index (χ4v) is 3.18. The molecule has 1 aromatic rings. The minimum atomic E-state index is -0.205. The van der Waals surface area contributed by atoms with Crippen molar-refractivity contribution < 1.29 is 9.18 Å². The number of likely N-dealkylation sites (N-methyl/N-ethyl adjacent to an activating group) is 1. The third-order valence-corrected chi connectivity index (χ3v) is 4.56. The quantitative estimate of drug-likeness (QED) is 0.610. The van der Waals surface area contributed by atoms with Crippen LogP contribution in [0.2, 0.25) is 0 Å². The van der Waals surface area contributed by atoms with Gasteiger partial charge >= 0.3 is 0 Å². The highest BCUT2D eigenvalue weighted by Gasteiger charge is 2.22. The van der Waals surface area contributed by atoms with Crippen LogP contribution < -0.4 is 15.5 Å². The Kier molecular flexibility index (Phi) is 7.45. The van der Waals surface area contributed by atoms with Crippen molar-refractivity contribution in [2.75, 3.05) is 38.6 Å². The number of nitrogens with one attached hydrogen (secondary N) is 2. The van der Waals surface area contributed by atoms with Gasteiger partial charge in [-0.3, -0.25) is 4.79 Å². The highest BCUT2D eigenvalue weighted by molar-refractivity contribution is 5.85. The molecule has 0 spiro atoms. The Morgan fingerprint density at radius 3 is 2.78 bits per heavy atom. The molecule has 0 bridgehead atoms. The maximum Gasteiger partial charge on any atom is 0.243 e. The average molecular weight is 378 g/mol. The average Bonchev–Trinajstić information content (AvgIpc) is 2.59. The highest BCUT2D eigenvalue weighted by atomic mass is 19.1. The smallest absolute Gasteiger partial charge is 0.243 e. The highest BCUT2D eigenvalue weighted by Crippen LogP contribution is 2.24. The first kappa shape index (κ1) is 21.0. The van der Waals surface area contributed by atoms with E-state index in [2.05, 4.69) is 20.5 Å². The number of amides is 1. The van der Waals surface area contributed by atoms with Crippen LogP contribution in [0.1, 0.15) is 32.3 Å². The van der Waals surface area contributed by atoms with Crippen molar-refractivity contribution in [2.45, 2.75) is 45.7 Å². The van der Waals surface area contributed by atoms with Crippen LogP contribution in [0.4, 0.5) is 10.1 Å². The number of anilines is 1. The summed E-state index contributed by atoms with van der Waals surface area (Å²) in [6, 6.07) is 5.36. The number of aliphatic imine (C=N–C) groups is 1. The maximum absolute atomic E-state index is 13.4. The van der Waals surface area contributed by atoms with E-state index in [4.69, 9.17) is 0 Å². The molecule has 150 valence electrons. The maximum atomic E-state index is 13.4. The van der Waals surface area contributed by atoms with Gasteiger partial charge in [-0.05, 0) is 57.4 Å². The lowest BCUT2D eigenvalue weighted by molar-refractivity contribution is -0.127. The van der Waals surface area contributed by atoms with Gasteiger partial charge in [-0.25, -0.2) is 9.38 Å². The minimum absolute atomic E-state index is 0.0351. The molecule has 1 saturated heterocycles. The predicted molar refractivity (Wildman–Crippen MR) is 109 cm³/mol. The minimum Gasteiger partial charge on any atom is -0.369 e. The van der Waals surface area contributed by atoms with Crippen molar-refractivity contribution in [1.82, 2.24) is 15.5 Å². The van der Waals surface area contributed by atoms with Crippen LogP contribution in [-0.2, 0) is 4.79 Å². The van der Waals surface area contributed by atoms with E-state index in [1.54, 1.807) is 20.2 Å². The molecule has 1 amide bonds. The summed E-state index contributed by atoms with van der Waals surface area (Å²) < 4.78 is 13.4. The van der Waals surface area contributed by atoms with Crippen LogP contribution in [-0.4, -0.2) is 62.6 Å². The molecule has 27 heavy (non-hydrogen) atoms. The fraction of sp³-hybridized carbons (Fsp3) is 0.600. The SMILES string of the molecule is Cc1cc(F)ccc1N1CCCC(NC(=NCC(=O)N(C)C)NC(C)C)C1. The number of hydrogen-bond acceptors (Lipinski definition) is 3. The first-order valence-electron chi connectivity index (χ1n) is 9.55. The van der Waals surface area contributed by atoms with E-state index in [1.165, 1.54) is 11.0 Å². The first-order valence-corrected chi connectivity index (χ1v) is 9.55. The summed E-state index contributed by atoms with van der Waals surface area (Å²) >= 11 is 0. The van der Waals surface area contributed by atoms with E-state index in [0.29, 0.717) is 5.96 Å². The molecule has 0 aromatic heterocycles. The van der Waals surface area contributed by atoms with Gasteiger partial charge in [0.2, 0.25) is 5.91 Å². The number of carbonyl (C=O) groups is 1. The number of halogens is 1. The molecule has 1 aliphatic rings. The van der Waals surface area contributed by atoms with Gasteiger partial charge in [0, 0.05) is 45.0 Å². The number of nitrogens with zero attached hydrogens (tertiary/aromatic N) is 3. The Bertz CT molecular complexity index is 674. The van der Waals surface area contributed by atoms with Gasteiger partial charge in [-0.15, -0.1) is 0 Å². The number of benzene rings is 1. The second-order valence-corrected chi connectivity index (χ2v) is 7.61.